The van der Waals surface area contributed by atoms with Gasteiger partial charge in [0.05, 0.1) is 18.6 Å². The van der Waals surface area contributed by atoms with E-state index in [1.807, 2.05) is 37.3 Å². The monoisotopic (exact) mass is 376 g/mol. The van der Waals surface area contributed by atoms with Crippen molar-refractivity contribution in [2.24, 2.45) is 0 Å². The summed E-state index contributed by atoms with van der Waals surface area (Å²) in [7, 11) is -1.50. The second-order valence-corrected chi connectivity index (χ2v) is 8.28. The van der Waals surface area contributed by atoms with E-state index in [0.717, 1.165) is 22.8 Å². The minimum absolute atomic E-state index is 0.210. The zero-order valence-electron chi connectivity index (χ0n) is 15.1. The number of aromatic nitrogens is 2. The average Bonchev–Trinajstić information content (AvgIpc) is 2.68. The lowest BCUT2D eigenvalue weighted by molar-refractivity contribution is 0.383. The largest absolute Gasteiger partial charge is 0.497 e. The highest BCUT2D eigenvalue weighted by Gasteiger charge is 2.26. The summed E-state index contributed by atoms with van der Waals surface area (Å²) in [5.74, 6) is 1.83. The third kappa shape index (κ3) is 4.13. The Balaban J connectivity index is 1.71. The van der Waals surface area contributed by atoms with Crippen molar-refractivity contribution in [3.8, 4) is 17.0 Å². The second-order valence-electron chi connectivity index (χ2n) is 6.19. The summed E-state index contributed by atoms with van der Waals surface area (Å²) in [6, 6.07) is 9.65. The highest BCUT2D eigenvalue weighted by molar-refractivity contribution is 7.89. The molecule has 0 saturated carbocycles. The highest BCUT2D eigenvalue weighted by atomic mass is 32.2. The smallest absolute Gasteiger partial charge is 0.214 e. The van der Waals surface area contributed by atoms with Crippen molar-refractivity contribution in [1.29, 1.82) is 0 Å². The van der Waals surface area contributed by atoms with Gasteiger partial charge >= 0.3 is 0 Å². The zero-order valence-corrected chi connectivity index (χ0v) is 15.9. The van der Waals surface area contributed by atoms with Crippen LogP contribution in [0.2, 0.25) is 0 Å². The number of rotatable bonds is 6. The van der Waals surface area contributed by atoms with Crippen LogP contribution < -0.4 is 9.64 Å². The van der Waals surface area contributed by atoms with Gasteiger partial charge in [0.15, 0.2) is 0 Å². The standard InChI is InChI=1S/C18H24N4O3S/c1-3-12-26(23,24)22-10-8-21(9-11-22)18-13-17(19-14-20-18)15-4-6-16(25-2)7-5-15/h4-7,13-14H,3,8-12H2,1-2H3. The minimum Gasteiger partial charge on any atom is -0.497 e. The Labute approximate surface area is 154 Å². The minimum atomic E-state index is -3.13. The molecule has 3 rings (SSSR count). The van der Waals surface area contributed by atoms with Crippen LogP contribution in [0.5, 0.6) is 5.75 Å². The summed E-state index contributed by atoms with van der Waals surface area (Å²) in [6.07, 6.45) is 2.19. The molecule has 0 amide bonds. The predicted octanol–water partition coefficient (Wildman–Crippen LogP) is 2.01. The first-order valence-electron chi connectivity index (χ1n) is 8.72. The molecule has 140 valence electrons. The summed E-state index contributed by atoms with van der Waals surface area (Å²) in [5.41, 5.74) is 1.82. The molecule has 1 fully saturated rings. The number of hydrogen-bond acceptors (Lipinski definition) is 6. The first kappa shape index (κ1) is 18.6. The molecule has 1 aromatic heterocycles. The molecule has 7 nitrogen and oxygen atoms in total. The maximum Gasteiger partial charge on any atom is 0.214 e. The van der Waals surface area contributed by atoms with Gasteiger partial charge in [-0.05, 0) is 30.7 Å². The van der Waals surface area contributed by atoms with Gasteiger partial charge in [0, 0.05) is 37.8 Å². The molecular weight excluding hydrogens is 352 g/mol. The molecule has 0 spiro atoms. The lowest BCUT2D eigenvalue weighted by Gasteiger charge is -2.34. The second kappa shape index (κ2) is 8.01. The molecule has 1 saturated heterocycles. The van der Waals surface area contributed by atoms with Gasteiger partial charge in [0.1, 0.15) is 17.9 Å². The van der Waals surface area contributed by atoms with E-state index in [-0.39, 0.29) is 5.75 Å². The van der Waals surface area contributed by atoms with Crippen LogP contribution in [0.4, 0.5) is 5.82 Å². The number of nitrogens with zero attached hydrogens (tertiary/aromatic N) is 4. The number of ether oxygens (including phenoxy) is 1. The maximum atomic E-state index is 12.2. The van der Waals surface area contributed by atoms with Crippen LogP contribution in [0.15, 0.2) is 36.7 Å². The van der Waals surface area contributed by atoms with Crippen LogP contribution in [0, 0.1) is 0 Å². The molecule has 0 bridgehead atoms. The normalized spacial score (nSPS) is 15.8. The lowest BCUT2D eigenvalue weighted by atomic mass is 10.1. The quantitative estimate of drug-likeness (QED) is 0.768. The third-order valence-corrected chi connectivity index (χ3v) is 6.53. The molecule has 26 heavy (non-hydrogen) atoms. The molecule has 2 aromatic rings. The Morgan fingerprint density at radius 2 is 1.77 bits per heavy atom. The van der Waals surface area contributed by atoms with Gasteiger partial charge in [-0.25, -0.2) is 18.4 Å². The predicted molar refractivity (Wildman–Crippen MR) is 102 cm³/mol. The SMILES string of the molecule is CCCS(=O)(=O)N1CCN(c2cc(-c3ccc(OC)cc3)ncn2)CC1. The molecular formula is C18H24N4O3S. The van der Waals surface area contributed by atoms with Crippen LogP contribution in [-0.4, -0.2) is 61.7 Å². The Hall–Kier alpha value is -2.19. The summed E-state index contributed by atoms with van der Waals surface area (Å²) in [6.45, 7) is 4.12. The topological polar surface area (TPSA) is 75.6 Å². The van der Waals surface area contributed by atoms with E-state index in [4.69, 9.17) is 4.74 Å². The molecule has 1 aromatic carbocycles. The van der Waals surface area contributed by atoms with Crippen molar-refractivity contribution < 1.29 is 13.2 Å². The molecule has 1 aliphatic rings. The fraction of sp³-hybridized carbons (Fsp3) is 0.444. The Bertz CT molecular complexity index is 832. The molecule has 0 N–H and O–H groups in total. The summed E-state index contributed by atoms with van der Waals surface area (Å²) in [4.78, 5) is 10.8. The van der Waals surface area contributed by atoms with Gasteiger partial charge in [-0.15, -0.1) is 0 Å². The molecule has 8 heteroatoms. The van der Waals surface area contributed by atoms with Crippen molar-refractivity contribution >= 4 is 15.8 Å². The van der Waals surface area contributed by atoms with Crippen LogP contribution in [-0.2, 0) is 10.0 Å². The fourth-order valence-electron chi connectivity index (χ4n) is 3.02. The van der Waals surface area contributed by atoms with Gasteiger partial charge < -0.3 is 9.64 Å². The van der Waals surface area contributed by atoms with Gasteiger partial charge in [0.2, 0.25) is 10.0 Å². The number of benzene rings is 1. The molecule has 2 heterocycles. The molecule has 0 unspecified atom stereocenters. The van der Waals surface area contributed by atoms with Crippen LogP contribution in [0.3, 0.4) is 0 Å². The van der Waals surface area contributed by atoms with E-state index in [1.165, 1.54) is 0 Å². The van der Waals surface area contributed by atoms with Crippen LogP contribution in [0.1, 0.15) is 13.3 Å². The number of methoxy groups -OCH3 is 1. The summed E-state index contributed by atoms with van der Waals surface area (Å²) in [5, 5.41) is 0. The van der Waals surface area contributed by atoms with E-state index in [9.17, 15) is 8.42 Å². The van der Waals surface area contributed by atoms with Crippen molar-refractivity contribution in [3.05, 3.63) is 36.7 Å². The fourth-order valence-corrected chi connectivity index (χ4v) is 4.52. The first-order chi connectivity index (χ1) is 12.5. The summed E-state index contributed by atoms with van der Waals surface area (Å²) >= 11 is 0. The Morgan fingerprint density at radius 1 is 1.08 bits per heavy atom. The van der Waals surface area contributed by atoms with Gasteiger partial charge in [-0.3, -0.25) is 0 Å². The molecule has 0 radical (unpaired) electrons. The number of piperazine rings is 1. The summed E-state index contributed by atoms with van der Waals surface area (Å²) < 4.78 is 31.1. The van der Waals surface area contributed by atoms with Crippen LogP contribution >= 0.6 is 0 Å². The maximum absolute atomic E-state index is 12.2. The van der Waals surface area contributed by atoms with E-state index in [2.05, 4.69) is 14.9 Å². The number of anilines is 1. The van der Waals surface area contributed by atoms with Crippen molar-refractivity contribution in [1.82, 2.24) is 14.3 Å². The van der Waals surface area contributed by atoms with E-state index < -0.39 is 10.0 Å². The Kier molecular flexibility index (Phi) is 5.73. The average molecular weight is 376 g/mol. The lowest BCUT2D eigenvalue weighted by Crippen LogP contribution is -2.49. The van der Waals surface area contributed by atoms with E-state index in [1.54, 1.807) is 17.7 Å². The van der Waals surface area contributed by atoms with Gasteiger partial charge in [-0.1, -0.05) is 6.92 Å². The van der Waals surface area contributed by atoms with Gasteiger partial charge in [0.25, 0.3) is 0 Å². The third-order valence-electron chi connectivity index (χ3n) is 4.46. The molecule has 0 atom stereocenters. The van der Waals surface area contributed by atoms with E-state index in [0.29, 0.717) is 32.6 Å². The first-order valence-corrected chi connectivity index (χ1v) is 10.3. The number of sulfonamides is 1. The van der Waals surface area contributed by atoms with Crippen LogP contribution in [0.25, 0.3) is 11.3 Å². The van der Waals surface area contributed by atoms with E-state index >= 15 is 0 Å². The van der Waals surface area contributed by atoms with Crippen molar-refractivity contribution in [2.75, 3.05) is 43.9 Å². The van der Waals surface area contributed by atoms with Crippen molar-refractivity contribution in [2.45, 2.75) is 13.3 Å². The molecule has 0 aliphatic carbocycles. The number of hydrogen-bond donors (Lipinski definition) is 0. The van der Waals surface area contributed by atoms with Crippen molar-refractivity contribution in [3.63, 3.8) is 0 Å². The van der Waals surface area contributed by atoms with Gasteiger partial charge in [-0.2, -0.15) is 4.31 Å². The molecule has 1 aliphatic heterocycles. The Morgan fingerprint density at radius 3 is 2.38 bits per heavy atom. The highest BCUT2D eigenvalue weighted by Crippen LogP contribution is 2.24. The zero-order chi connectivity index (χ0) is 18.6.